The summed E-state index contributed by atoms with van der Waals surface area (Å²) in [4.78, 5) is 0. The molecule has 0 saturated carbocycles. The first-order valence-electron chi connectivity index (χ1n) is 1.10. The number of hydrogen-bond acceptors (Lipinski definition) is 6. The van der Waals surface area contributed by atoms with E-state index in [1.54, 1.807) is 0 Å². The summed E-state index contributed by atoms with van der Waals surface area (Å²) in [6.45, 7) is 0. The van der Waals surface area contributed by atoms with Gasteiger partial charge in [-0.3, -0.25) is 0 Å². The second-order valence-electron chi connectivity index (χ2n) is 0.447. The van der Waals surface area contributed by atoms with Crippen LogP contribution in [-0.2, 0) is 51.2 Å². The Balaban J connectivity index is -0.0000000171. The third kappa shape index (κ3) is 228. The minimum absolute atomic E-state index is 0. The van der Waals surface area contributed by atoms with Crippen molar-refractivity contribution >= 4 is 31.4 Å². The van der Waals surface area contributed by atoms with Gasteiger partial charge in [0.25, 0.3) is 0 Å². The van der Waals surface area contributed by atoms with Crippen LogP contribution in [0.3, 0.4) is 0 Å². The van der Waals surface area contributed by atoms with Crippen molar-refractivity contribution < 1.29 is 75.8 Å². The molecule has 0 amide bonds. The van der Waals surface area contributed by atoms with Gasteiger partial charge in [0.05, 0.1) is 0 Å². The summed E-state index contributed by atoms with van der Waals surface area (Å²) in [7, 11) is 0. The molecule has 0 heterocycles. The third-order valence-corrected chi connectivity index (χ3v) is 0. The molecule has 0 aromatic rings. The van der Waals surface area contributed by atoms with E-state index in [1.807, 2.05) is 0 Å². The molecule has 0 unspecified atom stereocenters. The first-order chi connectivity index (χ1) is 3.46. The Labute approximate surface area is 106 Å². The van der Waals surface area contributed by atoms with E-state index < -0.39 is 31.4 Å². The molecular formula is As2Cu3O6. The van der Waals surface area contributed by atoms with E-state index in [2.05, 4.69) is 0 Å². The summed E-state index contributed by atoms with van der Waals surface area (Å²) in [6, 6.07) is 0. The molecule has 0 N–H and O–H groups in total. The van der Waals surface area contributed by atoms with Crippen LogP contribution in [0.1, 0.15) is 0 Å². The van der Waals surface area contributed by atoms with Crippen molar-refractivity contribution in [3.05, 3.63) is 0 Å². The Kier molecular flexibility index (Phi) is 60.7. The average molecular weight is 436 g/mol. The van der Waals surface area contributed by atoms with Gasteiger partial charge in [-0.15, -0.1) is 0 Å². The fraction of sp³-hybridized carbons (Fsp3) is 0. The van der Waals surface area contributed by atoms with Gasteiger partial charge in [-0.1, -0.05) is 0 Å². The quantitative estimate of drug-likeness (QED) is 0.346. The molecule has 0 aliphatic heterocycles. The molecule has 11 heteroatoms. The van der Waals surface area contributed by atoms with Gasteiger partial charge in [-0.05, 0) is 0 Å². The predicted octanol–water partition coefficient (Wildman–Crippen LogP) is -7.90. The molecule has 6 nitrogen and oxygen atoms in total. The first-order valence-corrected chi connectivity index (χ1v) is 5.69. The molecule has 0 aromatic carbocycles. The van der Waals surface area contributed by atoms with Crippen molar-refractivity contribution in [2.24, 2.45) is 0 Å². The fourth-order valence-electron chi connectivity index (χ4n) is 0. The van der Waals surface area contributed by atoms with Crippen LogP contribution in [0.4, 0.5) is 0 Å². The summed E-state index contributed by atoms with van der Waals surface area (Å²) in [5, 5.41) is 0. The Hall–Kier alpha value is 2.44. The van der Waals surface area contributed by atoms with Gasteiger partial charge in [0.15, 0.2) is 0 Å². The first kappa shape index (κ1) is 29.2. The van der Waals surface area contributed by atoms with Crippen LogP contribution < -0.4 is 24.6 Å². The van der Waals surface area contributed by atoms with Crippen LogP contribution in [-0.4, -0.2) is 31.4 Å². The van der Waals surface area contributed by atoms with Crippen molar-refractivity contribution in [2.45, 2.75) is 0 Å². The van der Waals surface area contributed by atoms with Gasteiger partial charge in [-0.25, -0.2) is 0 Å². The summed E-state index contributed by atoms with van der Waals surface area (Å²) in [5.41, 5.74) is 0. The molecule has 0 aromatic heterocycles. The molecule has 0 atom stereocenters. The molecule has 11 heavy (non-hydrogen) atoms. The van der Waals surface area contributed by atoms with Crippen molar-refractivity contribution in [2.75, 3.05) is 0 Å². The maximum atomic E-state index is 8.56. The molecule has 0 aliphatic rings. The summed E-state index contributed by atoms with van der Waals surface area (Å²) >= 11 is -7.88. The van der Waals surface area contributed by atoms with E-state index in [-0.39, 0.29) is 51.2 Å². The second-order valence-corrected chi connectivity index (χ2v) is 2.32. The van der Waals surface area contributed by atoms with Crippen molar-refractivity contribution in [3.63, 3.8) is 0 Å². The van der Waals surface area contributed by atoms with Crippen LogP contribution in [0.15, 0.2) is 0 Å². The van der Waals surface area contributed by atoms with E-state index in [1.165, 1.54) is 0 Å². The topological polar surface area (TPSA) is 138 Å². The van der Waals surface area contributed by atoms with Gasteiger partial charge in [-0.2, -0.15) is 0 Å². The van der Waals surface area contributed by atoms with Gasteiger partial charge in [0.1, 0.15) is 0 Å². The SMILES string of the molecule is [Cu+2].[Cu+2].[Cu+2].[O-][As]([O-])[O-].[O-][As]([O-])[O-]. The maximum absolute atomic E-state index is 8.56. The molecule has 3 radical (unpaired) electrons. The Morgan fingerprint density at radius 3 is 0.455 bits per heavy atom. The van der Waals surface area contributed by atoms with Gasteiger partial charge < -0.3 is 0 Å². The minimum atomic E-state index is -3.94. The van der Waals surface area contributed by atoms with E-state index in [0.717, 1.165) is 0 Å². The van der Waals surface area contributed by atoms with E-state index in [9.17, 15) is 0 Å². The molecule has 0 bridgehead atoms. The number of rotatable bonds is 0. The Morgan fingerprint density at radius 2 is 0.455 bits per heavy atom. The molecule has 79 valence electrons. The molecule has 0 fully saturated rings. The van der Waals surface area contributed by atoms with Gasteiger partial charge in [0.2, 0.25) is 0 Å². The standard InChI is InChI=1S/2AsO3.3Cu/c2*2-1(3)4;;;/q2*-3;3*+2. The second kappa shape index (κ2) is 22.9. The molecular weight excluding hydrogens is 436 g/mol. The van der Waals surface area contributed by atoms with Crippen molar-refractivity contribution in [1.29, 1.82) is 0 Å². The molecule has 0 rings (SSSR count). The Bertz CT molecular complexity index is 31.3. The van der Waals surface area contributed by atoms with Crippen LogP contribution in [0.25, 0.3) is 0 Å². The predicted molar refractivity (Wildman–Crippen MR) is 11.5 cm³/mol. The van der Waals surface area contributed by atoms with E-state index in [0.29, 0.717) is 0 Å². The normalized spacial score (nSPS) is 6.55. The van der Waals surface area contributed by atoms with Crippen LogP contribution >= 0.6 is 0 Å². The van der Waals surface area contributed by atoms with E-state index in [4.69, 9.17) is 24.6 Å². The van der Waals surface area contributed by atoms with Crippen LogP contribution in [0.2, 0.25) is 0 Å². The molecule has 0 saturated heterocycles. The zero-order chi connectivity index (χ0) is 7.15. The summed E-state index contributed by atoms with van der Waals surface area (Å²) in [5.74, 6) is 0. The van der Waals surface area contributed by atoms with Crippen LogP contribution in [0, 0.1) is 0 Å². The molecule has 0 aliphatic carbocycles. The fourth-order valence-corrected chi connectivity index (χ4v) is 0. The summed E-state index contributed by atoms with van der Waals surface area (Å²) in [6.07, 6.45) is 0. The van der Waals surface area contributed by atoms with Gasteiger partial charge in [0, 0.05) is 0 Å². The van der Waals surface area contributed by atoms with Crippen molar-refractivity contribution in [1.82, 2.24) is 0 Å². The average Bonchev–Trinajstić information content (AvgIpc) is 1.25. The third-order valence-electron chi connectivity index (χ3n) is 0. The molecule has 0 spiro atoms. The van der Waals surface area contributed by atoms with E-state index >= 15 is 0 Å². The zero-order valence-electron chi connectivity index (χ0n) is 4.25. The number of hydrogen-bond donors (Lipinski definition) is 0. The monoisotopic (exact) mass is 435 g/mol. The Morgan fingerprint density at radius 1 is 0.455 bits per heavy atom. The summed E-state index contributed by atoms with van der Waals surface area (Å²) < 4.78 is 51.4. The zero-order valence-corrected chi connectivity index (χ0v) is 10.8. The van der Waals surface area contributed by atoms with Crippen molar-refractivity contribution in [3.8, 4) is 0 Å². The van der Waals surface area contributed by atoms with Crippen LogP contribution in [0.5, 0.6) is 0 Å². The van der Waals surface area contributed by atoms with Gasteiger partial charge >= 0.3 is 107 Å².